The summed E-state index contributed by atoms with van der Waals surface area (Å²) < 4.78 is 10.1. The number of hydrogen-bond donors (Lipinski definition) is 1. The molecule has 6 heteroatoms. The fourth-order valence-corrected chi connectivity index (χ4v) is 1.53. The molecule has 0 aliphatic rings. The van der Waals surface area contributed by atoms with Crippen LogP contribution in [-0.2, 0) is 4.74 Å². The van der Waals surface area contributed by atoms with Gasteiger partial charge in [-0.1, -0.05) is 6.92 Å². The lowest BCUT2D eigenvalue weighted by Crippen LogP contribution is -2.06. The maximum atomic E-state index is 11.0. The highest BCUT2D eigenvalue weighted by atomic mass is 16.6. The van der Waals surface area contributed by atoms with Crippen molar-refractivity contribution in [3.63, 3.8) is 0 Å². The third-order valence-corrected chi connectivity index (χ3v) is 2.56. The van der Waals surface area contributed by atoms with E-state index in [0.717, 1.165) is 0 Å². The Bertz CT molecular complexity index is 407. The Hall–Kier alpha value is -1.66. The summed E-state index contributed by atoms with van der Waals surface area (Å²) in [6.45, 7) is 2.35. The standard InChI is InChI=1S/C12H17NO5/c1-9(8-14)11-4-3-10(18-6-5-17-2)7-12(11)13(15)16/h3-4,7,9,14H,5-6,8H2,1-2H3. The van der Waals surface area contributed by atoms with Gasteiger partial charge in [0, 0.05) is 25.2 Å². The summed E-state index contributed by atoms with van der Waals surface area (Å²) in [5.41, 5.74) is 0.466. The average molecular weight is 255 g/mol. The van der Waals surface area contributed by atoms with Crippen LogP contribution in [-0.4, -0.2) is 37.0 Å². The fraction of sp³-hybridized carbons (Fsp3) is 0.500. The van der Waals surface area contributed by atoms with Gasteiger partial charge in [-0.15, -0.1) is 0 Å². The predicted molar refractivity (Wildman–Crippen MR) is 66.0 cm³/mol. The lowest BCUT2D eigenvalue weighted by molar-refractivity contribution is -0.385. The van der Waals surface area contributed by atoms with Crippen LogP contribution in [0.4, 0.5) is 5.69 Å². The van der Waals surface area contributed by atoms with E-state index in [1.165, 1.54) is 6.07 Å². The van der Waals surface area contributed by atoms with Crippen molar-refractivity contribution in [1.82, 2.24) is 0 Å². The molecule has 0 radical (unpaired) electrons. The summed E-state index contributed by atoms with van der Waals surface area (Å²) in [5.74, 6) is 0.145. The van der Waals surface area contributed by atoms with E-state index in [9.17, 15) is 10.1 Å². The van der Waals surface area contributed by atoms with Crippen molar-refractivity contribution in [1.29, 1.82) is 0 Å². The van der Waals surface area contributed by atoms with Gasteiger partial charge in [0.1, 0.15) is 12.4 Å². The van der Waals surface area contributed by atoms with Crippen LogP contribution < -0.4 is 4.74 Å². The molecule has 1 aromatic carbocycles. The van der Waals surface area contributed by atoms with Gasteiger partial charge in [-0.2, -0.15) is 0 Å². The topological polar surface area (TPSA) is 81.8 Å². The first-order valence-corrected chi connectivity index (χ1v) is 5.61. The van der Waals surface area contributed by atoms with Gasteiger partial charge >= 0.3 is 0 Å². The number of methoxy groups -OCH3 is 1. The Balaban J connectivity index is 2.92. The lowest BCUT2D eigenvalue weighted by Gasteiger charge is -2.11. The molecule has 1 N–H and O–H groups in total. The van der Waals surface area contributed by atoms with Crippen LogP contribution in [0.1, 0.15) is 18.4 Å². The second kappa shape index (κ2) is 6.93. The summed E-state index contributed by atoms with van der Waals surface area (Å²) in [4.78, 5) is 10.5. The maximum Gasteiger partial charge on any atom is 0.276 e. The van der Waals surface area contributed by atoms with Gasteiger partial charge in [-0.05, 0) is 12.1 Å². The van der Waals surface area contributed by atoms with Gasteiger partial charge in [0.05, 0.1) is 17.6 Å². The van der Waals surface area contributed by atoms with E-state index in [-0.39, 0.29) is 18.2 Å². The normalized spacial score (nSPS) is 12.2. The van der Waals surface area contributed by atoms with E-state index in [2.05, 4.69) is 0 Å². The third-order valence-electron chi connectivity index (χ3n) is 2.56. The molecule has 0 bridgehead atoms. The Morgan fingerprint density at radius 2 is 2.17 bits per heavy atom. The second-order valence-electron chi connectivity index (χ2n) is 3.90. The Labute approximate surface area is 105 Å². The molecule has 1 aromatic rings. The van der Waals surface area contributed by atoms with Crippen molar-refractivity contribution in [3.05, 3.63) is 33.9 Å². The molecule has 1 atom stereocenters. The molecule has 0 aliphatic carbocycles. The fourth-order valence-electron chi connectivity index (χ4n) is 1.53. The highest BCUT2D eigenvalue weighted by Gasteiger charge is 2.19. The summed E-state index contributed by atoms with van der Waals surface area (Å²) in [6, 6.07) is 4.64. The quantitative estimate of drug-likeness (QED) is 0.455. The molecule has 100 valence electrons. The highest BCUT2D eigenvalue weighted by molar-refractivity contribution is 5.47. The summed E-state index contributed by atoms with van der Waals surface area (Å²) in [7, 11) is 1.55. The molecule has 0 amide bonds. The molecule has 0 aliphatic heterocycles. The number of nitro benzene ring substituents is 1. The second-order valence-corrected chi connectivity index (χ2v) is 3.90. The first-order valence-electron chi connectivity index (χ1n) is 5.61. The van der Waals surface area contributed by atoms with Crippen molar-refractivity contribution in [3.8, 4) is 5.75 Å². The van der Waals surface area contributed by atoms with Gasteiger partial charge in [0.25, 0.3) is 5.69 Å². The zero-order valence-electron chi connectivity index (χ0n) is 10.5. The Morgan fingerprint density at radius 3 is 2.72 bits per heavy atom. The number of benzene rings is 1. The molecule has 0 spiro atoms. The average Bonchev–Trinajstić information content (AvgIpc) is 2.38. The monoisotopic (exact) mass is 255 g/mol. The molecular weight excluding hydrogens is 238 g/mol. The number of ether oxygens (including phenoxy) is 2. The van der Waals surface area contributed by atoms with Crippen molar-refractivity contribution in [2.45, 2.75) is 12.8 Å². The molecule has 1 rings (SSSR count). The van der Waals surface area contributed by atoms with Crippen LogP contribution in [0, 0.1) is 10.1 Å². The highest BCUT2D eigenvalue weighted by Crippen LogP contribution is 2.30. The summed E-state index contributed by atoms with van der Waals surface area (Å²) in [5, 5.41) is 20.0. The molecule has 6 nitrogen and oxygen atoms in total. The van der Waals surface area contributed by atoms with E-state index in [0.29, 0.717) is 24.5 Å². The van der Waals surface area contributed by atoms with Crippen molar-refractivity contribution in [2.75, 3.05) is 26.9 Å². The number of hydrogen-bond acceptors (Lipinski definition) is 5. The van der Waals surface area contributed by atoms with Gasteiger partial charge in [-0.3, -0.25) is 10.1 Å². The lowest BCUT2D eigenvalue weighted by atomic mass is 10.00. The number of aliphatic hydroxyl groups excluding tert-OH is 1. The van der Waals surface area contributed by atoms with E-state index >= 15 is 0 Å². The number of nitro groups is 1. The van der Waals surface area contributed by atoms with Crippen molar-refractivity contribution < 1.29 is 19.5 Å². The summed E-state index contributed by atoms with van der Waals surface area (Å²) >= 11 is 0. The van der Waals surface area contributed by atoms with Crippen LogP contribution in [0.25, 0.3) is 0 Å². The van der Waals surface area contributed by atoms with E-state index in [1.807, 2.05) is 0 Å². The molecular formula is C12H17NO5. The molecule has 1 unspecified atom stereocenters. The Morgan fingerprint density at radius 1 is 1.44 bits per heavy atom. The van der Waals surface area contributed by atoms with Gasteiger partial charge in [0.2, 0.25) is 0 Å². The van der Waals surface area contributed by atoms with Gasteiger partial charge in [-0.25, -0.2) is 0 Å². The van der Waals surface area contributed by atoms with Crippen LogP contribution in [0.5, 0.6) is 5.75 Å². The van der Waals surface area contributed by atoms with E-state index in [4.69, 9.17) is 14.6 Å². The minimum Gasteiger partial charge on any atom is -0.491 e. The zero-order chi connectivity index (χ0) is 13.5. The van der Waals surface area contributed by atoms with E-state index in [1.54, 1.807) is 26.2 Å². The molecule has 0 saturated carbocycles. The molecule has 0 aromatic heterocycles. The first kappa shape index (κ1) is 14.4. The number of nitrogens with zero attached hydrogens (tertiary/aromatic N) is 1. The smallest absolute Gasteiger partial charge is 0.276 e. The molecule has 0 heterocycles. The van der Waals surface area contributed by atoms with Gasteiger partial charge in [0.15, 0.2) is 0 Å². The minimum absolute atomic E-state index is 0.0357. The van der Waals surface area contributed by atoms with Crippen LogP contribution >= 0.6 is 0 Å². The third kappa shape index (κ3) is 3.68. The SMILES string of the molecule is COCCOc1ccc(C(C)CO)c([N+](=O)[O-])c1. The zero-order valence-corrected chi connectivity index (χ0v) is 10.5. The molecule has 0 fully saturated rings. The largest absolute Gasteiger partial charge is 0.491 e. The molecule has 18 heavy (non-hydrogen) atoms. The minimum atomic E-state index is -0.468. The maximum absolute atomic E-state index is 11.0. The molecule has 0 saturated heterocycles. The first-order chi connectivity index (χ1) is 8.60. The summed E-state index contributed by atoms with van der Waals surface area (Å²) in [6.07, 6.45) is 0. The van der Waals surface area contributed by atoms with Crippen LogP contribution in [0.2, 0.25) is 0 Å². The van der Waals surface area contributed by atoms with Crippen LogP contribution in [0.15, 0.2) is 18.2 Å². The van der Waals surface area contributed by atoms with Crippen molar-refractivity contribution >= 4 is 5.69 Å². The number of aliphatic hydroxyl groups is 1. The van der Waals surface area contributed by atoms with Crippen molar-refractivity contribution in [2.24, 2.45) is 0 Å². The predicted octanol–water partition coefficient (Wildman–Crippen LogP) is 1.72. The number of rotatable bonds is 7. The van der Waals surface area contributed by atoms with Crippen LogP contribution in [0.3, 0.4) is 0 Å². The van der Waals surface area contributed by atoms with E-state index < -0.39 is 4.92 Å². The van der Waals surface area contributed by atoms with Gasteiger partial charge < -0.3 is 14.6 Å². The Kier molecular flexibility index (Phi) is 5.54.